The summed E-state index contributed by atoms with van der Waals surface area (Å²) in [6.07, 6.45) is 1.75. The van der Waals surface area contributed by atoms with Crippen LogP contribution in [-0.2, 0) is 14.6 Å². The molecule has 2 saturated heterocycles. The fourth-order valence-electron chi connectivity index (χ4n) is 3.26. The Balaban J connectivity index is 1.74. The molecule has 1 aliphatic carbocycles. The molecule has 1 saturated carbocycles. The maximum Gasteiger partial charge on any atom is 0.251 e. The fraction of sp³-hybridized carbons (Fsp3) is 0.471. The number of amides is 1. The number of benzene rings is 1. The Morgan fingerprint density at radius 2 is 2.00 bits per heavy atom. The Morgan fingerprint density at radius 3 is 2.68 bits per heavy atom. The van der Waals surface area contributed by atoms with Gasteiger partial charge in [0.25, 0.3) is 5.91 Å². The number of carbonyl (C=O) groups is 2. The number of sulfone groups is 1. The molecule has 2 atom stereocenters. The summed E-state index contributed by atoms with van der Waals surface area (Å²) in [4.78, 5) is 30.0. The monoisotopic (exact) mass is 378 g/mol. The maximum atomic E-state index is 12.2. The topological polar surface area (TPSA) is 83.9 Å². The molecule has 2 heterocycles. The third-order valence-corrected chi connectivity index (χ3v) is 7.94. The van der Waals surface area contributed by atoms with Crippen LogP contribution >= 0.6 is 11.8 Å². The summed E-state index contributed by atoms with van der Waals surface area (Å²) in [5.41, 5.74) is 1.27. The van der Waals surface area contributed by atoms with Gasteiger partial charge in [-0.25, -0.2) is 8.42 Å². The lowest BCUT2D eigenvalue weighted by Gasteiger charge is -2.24. The highest BCUT2D eigenvalue weighted by molar-refractivity contribution is 8.16. The fourth-order valence-corrected chi connectivity index (χ4v) is 7.18. The molecule has 0 spiro atoms. The van der Waals surface area contributed by atoms with Crippen LogP contribution in [0, 0.1) is 5.92 Å². The van der Waals surface area contributed by atoms with Crippen molar-refractivity contribution >= 4 is 44.1 Å². The number of amidine groups is 1. The molecule has 6 nitrogen and oxygen atoms in total. The zero-order valence-corrected chi connectivity index (χ0v) is 15.3. The zero-order chi connectivity index (χ0) is 17.8. The van der Waals surface area contributed by atoms with Crippen LogP contribution in [0.25, 0.3) is 0 Å². The lowest BCUT2D eigenvalue weighted by Crippen LogP contribution is -2.37. The summed E-state index contributed by atoms with van der Waals surface area (Å²) in [6.45, 7) is 1.49. The molecule has 0 unspecified atom stereocenters. The van der Waals surface area contributed by atoms with Crippen molar-refractivity contribution in [1.82, 2.24) is 0 Å². The molecule has 0 aromatic heterocycles. The van der Waals surface area contributed by atoms with Crippen LogP contribution in [0.15, 0.2) is 29.3 Å². The molecule has 2 aliphatic heterocycles. The number of nitrogens with zero attached hydrogens (tertiary/aromatic N) is 2. The largest absolute Gasteiger partial charge is 0.316 e. The molecule has 3 aliphatic rings. The van der Waals surface area contributed by atoms with Gasteiger partial charge < -0.3 is 4.90 Å². The van der Waals surface area contributed by atoms with E-state index in [0.29, 0.717) is 16.4 Å². The summed E-state index contributed by atoms with van der Waals surface area (Å²) >= 11 is 1.37. The Morgan fingerprint density at radius 1 is 1.24 bits per heavy atom. The van der Waals surface area contributed by atoms with Crippen molar-refractivity contribution in [3.63, 3.8) is 0 Å². The van der Waals surface area contributed by atoms with E-state index < -0.39 is 9.84 Å². The quantitative estimate of drug-likeness (QED) is 0.747. The minimum absolute atomic E-state index is 0.0164. The van der Waals surface area contributed by atoms with Crippen LogP contribution in [-0.4, -0.2) is 48.1 Å². The van der Waals surface area contributed by atoms with Crippen LogP contribution in [0.1, 0.15) is 30.1 Å². The Hall–Kier alpha value is -1.67. The predicted octanol–water partition coefficient (Wildman–Crippen LogP) is 1.90. The molecular formula is C17H18N2O4S2. The summed E-state index contributed by atoms with van der Waals surface area (Å²) < 4.78 is 24.1. The SMILES string of the molecule is CC(=O)c1cccc(N2C(=NC(=O)C3CC3)S[C@H]3CS(=O)(=O)C[C@@H]32)c1. The van der Waals surface area contributed by atoms with Crippen molar-refractivity contribution in [1.29, 1.82) is 0 Å². The van der Waals surface area contributed by atoms with Crippen LogP contribution in [0.3, 0.4) is 0 Å². The van der Waals surface area contributed by atoms with Gasteiger partial charge in [0.2, 0.25) is 0 Å². The van der Waals surface area contributed by atoms with Gasteiger partial charge in [0, 0.05) is 22.4 Å². The van der Waals surface area contributed by atoms with Crippen LogP contribution < -0.4 is 4.90 Å². The predicted molar refractivity (Wildman–Crippen MR) is 97.9 cm³/mol. The summed E-state index contributed by atoms with van der Waals surface area (Å²) in [5.74, 6) is -0.0226. The number of aliphatic imine (C=N–C) groups is 1. The van der Waals surface area contributed by atoms with E-state index in [9.17, 15) is 18.0 Å². The maximum absolute atomic E-state index is 12.2. The summed E-state index contributed by atoms with van der Waals surface area (Å²) in [6, 6.07) is 6.82. The molecule has 132 valence electrons. The van der Waals surface area contributed by atoms with E-state index in [-0.39, 0.29) is 40.4 Å². The first-order valence-electron chi connectivity index (χ1n) is 8.24. The first kappa shape index (κ1) is 16.8. The van der Waals surface area contributed by atoms with E-state index in [2.05, 4.69) is 4.99 Å². The van der Waals surface area contributed by atoms with Crippen LogP contribution in [0.4, 0.5) is 5.69 Å². The van der Waals surface area contributed by atoms with Crippen molar-refractivity contribution < 1.29 is 18.0 Å². The minimum atomic E-state index is -3.10. The highest BCUT2D eigenvalue weighted by Gasteiger charge is 2.49. The Labute approximate surface area is 150 Å². The van der Waals surface area contributed by atoms with Gasteiger partial charge in [-0.05, 0) is 31.9 Å². The lowest BCUT2D eigenvalue weighted by atomic mass is 10.1. The van der Waals surface area contributed by atoms with Crippen molar-refractivity contribution in [3.8, 4) is 0 Å². The number of hydrogen-bond acceptors (Lipinski definition) is 5. The number of hydrogen-bond donors (Lipinski definition) is 0. The van der Waals surface area contributed by atoms with E-state index in [4.69, 9.17) is 0 Å². The second-order valence-corrected chi connectivity index (χ2v) is 10.1. The van der Waals surface area contributed by atoms with E-state index in [0.717, 1.165) is 12.8 Å². The first-order chi connectivity index (χ1) is 11.8. The Kier molecular flexibility index (Phi) is 3.99. The normalized spacial score (nSPS) is 29.0. The second kappa shape index (κ2) is 5.95. The third-order valence-electron chi connectivity index (χ3n) is 4.73. The minimum Gasteiger partial charge on any atom is -0.316 e. The number of fused-ring (bicyclic) bond motifs is 1. The molecule has 0 radical (unpaired) electrons. The van der Waals surface area contributed by atoms with Gasteiger partial charge in [-0.15, -0.1) is 0 Å². The smallest absolute Gasteiger partial charge is 0.251 e. The molecular weight excluding hydrogens is 360 g/mol. The van der Waals surface area contributed by atoms with E-state index in [1.165, 1.54) is 18.7 Å². The van der Waals surface area contributed by atoms with Gasteiger partial charge in [-0.2, -0.15) is 4.99 Å². The number of carbonyl (C=O) groups excluding carboxylic acids is 2. The first-order valence-corrected chi connectivity index (χ1v) is 10.9. The van der Waals surface area contributed by atoms with Gasteiger partial charge in [-0.3, -0.25) is 9.59 Å². The van der Waals surface area contributed by atoms with Crippen molar-refractivity contribution in [2.45, 2.75) is 31.1 Å². The van der Waals surface area contributed by atoms with E-state index in [1.54, 1.807) is 18.2 Å². The van der Waals surface area contributed by atoms with Gasteiger partial charge in [0.05, 0.1) is 17.5 Å². The van der Waals surface area contributed by atoms with E-state index >= 15 is 0 Å². The molecule has 3 fully saturated rings. The number of anilines is 1. The van der Waals surface area contributed by atoms with Crippen LogP contribution in [0.5, 0.6) is 0 Å². The second-order valence-electron chi connectivity index (χ2n) is 6.78. The van der Waals surface area contributed by atoms with Gasteiger partial charge in [0.15, 0.2) is 20.8 Å². The van der Waals surface area contributed by atoms with Gasteiger partial charge >= 0.3 is 0 Å². The van der Waals surface area contributed by atoms with Crippen LogP contribution in [0.2, 0.25) is 0 Å². The summed E-state index contributed by atoms with van der Waals surface area (Å²) in [7, 11) is -3.10. The molecule has 1 aromatic carbocycles. The molecule has 25 heavy (non-hydrogen) atoms. The van der Waals surface area contributed by atoms with Crippen molar-refractivity contribution in [3.05, 3.63) is 29.8 Å². The highest BCUT2D eigenvalue weighted by Crippen LogP contribution is 2.42. The number of thioether (sulfide) groups is 1. The summed E-state index contributed by atoms with van der Waals surface area (Å²) in [5, 5.41) is 0.430. The number of ketones is 1. The van der Waals surface area contributed by atoms with Gasteiger partial charge in [0.1, 0.15) is 0 Å². The molecule has 0 bridgehead atoms. The van der Waals surface area contributed by atoms with Gasteiger partial charge in [-0.1, -0.05) is 23.9 Å². The highest BCUT2D eigenvalue weighted by atomic mass is 32.2. The standard InChI is InChI=1S/C17H18N2O4S2/c1-10(20)12-3-2-4-13(7-12)19-14-8-25(22,23)9-15(14)24-17(19)18-16(21)11-5-6-11/h2-4,7,11,14-15H,5-6,8-9H2,1H3/t14-,15-/m0/s1. The molecule has 0 N–H and O–H groups in total. The average Bonchev–Trinajstić information content (AvgIpc) is 3.28. The zero-order valence-electron chi connectivity index (χ0n) is 13.7. The number of rotatable bonds is 3. The molecule has 8 heteroatoms. The lowest BCUT2D eigenvalue weighted by molar-refractivity contribution is -0.118. The average molecular weight is 378 g/mol. The van der Waals surface area contributed by atoms with E-state index in [1.807, 2.05) is 11.0 Å². The number of Topliss-reactive ketones (excluding diaryl/α,β-unsaturated/α-hetero) is 1. The molecule has 4 rings (SSSR count). The van der Waals surface area contributed by atoms with Crippen molar-refractivity contribution in [2.24, 2.45) is 10.9 Å². The molecule has 1 amide bonds. The third kappa shape index (κ3) is 3.25. The van der Waals surface area contributed by atoms with Crippen molar-refractivity contribution in [2.75, 3.05) is 16.4 Å². The Bertz CT molecular complexity index is 890. The molecule has 1 aromatic rings.